The van der Waals surface area contributed by atoms with Crippen LogP contribution in [0.3, 0.4) is 0 Å². The van der Waals surface area contributed by atoms with Gasteiger partial charge in [-0.25, -0.2) is 4.98 Å². The molecule has 5 heteroatoms. The fourth-order valence-corrected chi connectivity index (χ4v) is 1.82. The van der Waals surface area contributed by atoms with Crippen molar-refractivity contribution in [3.8, 4) is 23.1 Å². The molecule has 104 valence electrons. The average molecular weight is 280 g/mol. The van der Waals surface area contributed by atoms with Crippen molar-refractivity contribution >= 4 is 11.9 Å². The lowest BCUT2D eigenvalue weighted by atomic mass is 10.2. The van der Waals surface area contributed by atoms with Crippen LogP contribution in [-0.2, 0) is 0 Å². The van der Waals surface area contributed by atoms with E-state index < -0.39 is 0 Å². The largest absolute Gasteiger partial charge is 0.506 e. The van der Waals surface area contributed by atoms with E-state index in [0.717, 1.165) is 5.56 Å². The normalized spacial score (nSPS) is 11.0. The van der Waals surface area contributed by atoms with Crippen molar-refractivity contribution in [1.29, 1.82) is 0 Å². The molecule has 0 fully saturated rings. The Morgan fingerprint density at radius 2 is 1.67 bits per heavy atom. The maximum Gasteiger partial charge on any atom is 0.312 e. The van der Waals surface area contributed by atoms with Crippen molar-refractivity contribution in [2.24, 2.45) is 4.99 Å². The topological polar surface area (TPSA) is 78.9 Å². The van der Waals surface area contributed by atoms with Gasteiger partial charge >= 0.3 is 5.95 Å². The number of oxazole rings is 1. The van der Waals surface area contributed by atoms with Crippen LogP contribution in [0, 0.1) is 0 Å². The summed E-state index contributed by atoms with van der Waals surface area (Å²) >= 11 is 0. The molecule has 0 amide bonds. The molecule has 5 nitrogen and oxygen atoms in total. The molecule has 21 heavy (non-hydrogen) atoms. The van der Waals surface area contributed by atoms with Crippen molar-refractivity contribution < 1.29 is 14.6 Å². The summed E-state index contributed by atoms with van der Waals surface area (Å²) in [5.41, 5.74) is 1.35. The summed E-state index contributed by atoms with van der Waals surface area (Å²) in [6, 6.07) is 15.9. The molecule has 3 aromatic rings. The summed E-state index contributed by atoms with van der Waals surface area (Å²) in [5, 5.41) is 19.4. The zero-order valence-corrected chi connectivity index (χ0v) is 11.0. The number of hydrogen-bond acceptors (Lipinski definition) is 5. The number of benzene rings is 2. The second-order valence-electron chi connectivity index (χ2n) is 4.32. The molecule has 0 bridgehead atoms. The number of hydrogen-bond donors (Lipinski definition) is 2. The number of phenols is 1. The molecule has 0 spiro atoms. The van der Waals surface area contributed by atoms with Gasteiger partial charge in [-0.3, -0.25) is 4.99 Å². The number of rotatable bonds is 3. The average Bonchev–Trinajstić information content (AvgIpc) is 2.89. The van der Waals surface area contributed by atoms with Gasteiger partial charge < -0.3 is 14.6 Å². The van der Waals surface area contributed by atoms with Gasteiger partial charge in [0.05, 0.1) is 6.21 Å². The predicted molar refractivity (Wildman–Crippen MR) is 79.0 cm³/mol. The van der Waals surface area contributed by atoms with Gasteiger partial charge in [-0.2, -0.15) is 0 Å². The van der Waals surface area contributed by atoms with E-state index >= 15 is 0 Å². The SMILES string of the molecule is Oc1ccccc1N=Cc1nc(-c2ccccc2)oc1O. The van der Waals surface area contributed by atoms with E-state index in [0.29, 0.717) is 11.6 Å². The van der Waals surface area contributed by atoms with Crippen molar-refractivity contribution in [1.82, 2.24) is 4.98 Å². The smallest absolute Gasteiger partial charge is 0.312 e. The van der Waals surface area contributed by atoms with Crippen molar-refractivity contribution in [2.75, 3.05) is 0 Å². The molecule has 0 unspecified atom stereocenters. The molecule has 0 saturated heterocycles. The molecule has 0 aliphatic carbocycles. The fraction of sp³-hybridized carbons (Fsp3) is 0. The minimum absolute atomic E-state index is 0.0556. The Morgan fingerprint density at radius 1 is 0.952 bits per heavy atom. The first-order chi connectivity index (χ1) is 10.2. The fourth-order valence-electron chi connectivity index (χ4n) is 1.82. The molecule has 0 saturated carbocycles. The molecule has 0 atom stereocenters. The van der Waals surface area contributed by atoms with E-state index in [4.69, 9.17) is 4.42 Å². The second kappa shape index (κ2) is 5.50. The van der Waals surface area contributed by atoms with E-state index in [1.807, 2.05) is 30.3 Å². The van der Waals surface area contributed by atoms with Crippen LogP contribution in [0.25, 0.3) is 11.5 Å². The van der Waals surface area contributed by atoms with Gasteiger partial charge in [-0.15, -0.1) is 0 Å². The lowest BCUT2D eigenvalue weighted by Crippen LogP contribution is -1.82. The maximum atomic E-state index is 9.76. The van der Waals surface area contributed by atoms with Crippen LogP contribution in [-0.4, -0.2) is 21.4 Å². The van der Waals surface area contributed by atoms with Crippen LogP contribution in [0.5, 0.6) is 11.7 Å². The molecule has 0 aliphatic heterocycles. The number of aromatic nitrogens is 1. The van der Waals surface area contributed by atoms with Gasteiger partial charge in [-0.1, -0.05) is 30.3 Å². The van der Waals surface area contributed by atoms with Crippen LogP contribution in [0.4, 0.5) is 5.69 Å². The summed E-state index contributed by atoms with van der Waals surface area (Å²) in [4.78, 5) is 8.26. The van der Waals surface area contributed by atoms with E-state index in [-0.39, 0.29) is 17.4 Å². The highest BCUT2D eigenvalue weighted by Gasteiger charge is 2.12. The Balaban J connectivity index is 1.91. The third-order valence-corrected chi connectivity index (χ3v) is 2.86. The number of nitrogens with zero attached hydrogens (tertiary/aromatic N) is 2. The maximum absolute atomic E-state index is 9.76. The van der Waals surface area contributed by atoms with Crippen LogP contribution in [0.2, 0.25) is 0 Å². The second-order valence-corrected chi connectivity index (χ2v) is 4.32. The lowest BCUT2D eigenvalue weighted by molar-refractivity contribution is 0.337. The van der Waals surface area contributed by atoms with Crippen LogP contribution in [0.1, 0.15) is 5.69 Å². The molecule has 0 aliphatic rings. The predicted octanol–water partition coefficient (Wildman–Crippen LogP) is 3.50. The van der Waals surface area contributed by atoms with Gasteiger partial charge in [0.1, 0.15) is 11.4 Å². The van der Waals surface area contributed by atoms with Crippen LogP contribution in [0.15, 0.2) is 64.0 Å². The van der Waals surface area contributed by atoms with Crippen molar-refractivity contribution in [2.45, 2.75) is 0 Å². The quantitative estimate of drug-likeness (QED) is 0.720. The molecule has 2 aromatic carbocycles. The molecule has 2 N–H and O–H groups in total. The molecular weight excluding hydrogens is 268 g/mol. The van der Waals surface area contributed by atoms with Gasteiger partial charge in [0.15, 0.2) is 5.69 Å². The van der Waals surface area contributed by atoms with Gasteiger partial charge in [-0.05, 0) is 24.3 Å². The minimum atomic E-state index is -0.312. The Hall–Kier alpha value is -3.08. The zero-order chi connectivity index (χ0) is 14.7. The Labute approximate surface area is 120 Å². The van der Waals surface area contributed by atoms with E-state index in [9.17, 15) is 10.2 Å². The van der Waals surface area contributed by atoms with E-state index in [1.165, 1.54) is 12.3 Å². The molecule has 3 rings (SSSR count). The highest BCUT2D eigenvalue weighted by Crippen LogP contribution is 2.27. The van der Waals surface area contributed by atoms with Crippen LogP contribution < -0.4 is 0 Å². The molecule has 0 radical (unpaired) electrons. The van der Waals surface area contributed by atoms with Gasteiger partial charge in [0.25, 0.3) is 0 Å². The number of aromatic hydroxyl groups is 2. The summed E-state index contributed by atoms with van der Waals surface area (Å²) in [6.45, 7) is 0. The zero-order valence-electron chi connectivity index (χ0n) is 11.0. The summed E-state index contributed by atoms with van der Waals surface area (Å²) in [7, 11) is 0. The van der Waals surface area contributed by atoms with Crippen LogP contribution >= 0.6 is 0 Å². The van der Waals surface area contributed by atoms with E-state index in [2.05, 4.69) is 9.98 Å². The first kappa shape index (κ1) is 12.9. The number of para-hydroxylation sites is 2. The summed E-state index contributed by atoms with van der Waals surface area (Å²) in [6.07, 6.45) is 1.35. The Bertz CT molecular complexity index is 779. The standard InChI is InChI=1S/C16H12N2O3/c19-14-9-5-4-8-12(14)17-10-13-16(20)21-15(18-13)11-6-2-1-3-7-11/h1-10,19-20H. The Morgan fingerprint density at radius 3 is 2.43 bits per heavy atom. The molecule has 1 aromatic heterocycles. The van der Waals surface area contributed by atoms with E-state index in [1.54, 1.807) is 18.2 Å². The summed E-state index contributed by atoms with van der Waals surface area (Å²) in [5.74, 6) is 0.0554. The monoisotopic (exact) mass is 280 g/mol. The third kappa shape index (κ3) is 2.76. The molecular formula is C16H12N2O3. The molecule has 1 heterocycles. The van der Waals surface area contributed by atoms with Gasteiger partial charge in [0, 0.05) is 5.56 Å². The van der Waals surface area contributed by atoms with Crippen molar-refractivity contribution in [3.05, 3.63) is 60.3 Å². The third-order valence-electron chi connectivity index (χ3n) is 2.86. The number of aliphatic imine (C=N–C) groups is 1. The number of phenolic OH excluding ortho intramolecular Hbond substituents is 1. The highest BCUT2D eigenvalue weighted by molar-refractivity contribution is 5.83. The lowest BCUT2D eigenvalue weighted by Gasteiger charge is -1.95. The van der Waals surface area contributed by atoms with Gasteiger partial charge in [0.2, 0.25) is 5.89 Å². The summed E-state index contributed by atoms with van der Waals surface area (Å²) < 4.78 is 5.21. The highest BCUT2D eigenvalue weighted by atomic mass is 16.5. The minimum Gasteiger partial charge on any atom is -0.506 e. The first-order valence-corrected chi connectivity index (χ1v) is 6.31. The Kier molecular flexibility index (Phi) is 3.39. The first-order valence-electron chi connectivity index (χ1n) is 6.31. The van der Waals surface area contributed by atoms with Crippen molar-refractivity contribution in [3.63, 3.8) is 0 Å².